The number of benzene rings is 2. The van der Waals surface area contributed by atoms with Crippen molar-refractivity contribution in [2.24, 2.45) is 5.73 Å². The maximum absolute atomic E-state index is 13.8. The lowest BCUT2D eigenvalue weighted by Crippen LogP contribution is -2.38. The molecule has 0 atom stereocenters. The molecule has 94 valence electrons. The predicted octanol–water partition coefficient (Wildman–Crippen LogP) is 3.20. The van der Waals surface area contributed by atoms with Gasteiger partial charge in [-0.05, 0) is 30.0 Å². The van der Waals surface area contributed by atoms with Crippen LogP contribution in [0.3, 0.4) is 0 Å². The van der Waals surface area contributed by atoms with Crippen molar-refractivity contribution < 1.29 is 4.39 Å². The van der Waals surface area contributed by atoms with E-state index in [0.717, 1.165) is 0 Å². The molecular weight excluding hydrogens is 249 g/mol. The van der Waals surface area contributed by atoms with Gasteiger partial charge in [0.25, 0.3) is 0 Å². The van der Waals surface area contributed by atoms with Crippen LogP contribution in [0.4, 0.5) is 4.39 Å². The van der Waals surface area contributed by atoms with Crippen molar-refractivity contribution in [1.29, 1.82) is 0 Å². The molecule has 0 heterocycles. The summed E-state index contributed by atoms with van der Waals surface area (Å²) in [6.45, 7) is 0. The summed E-state index contributed by atoms with van der Waals surface area (Å²) in [5.41, 5.74) is 8.89. The van der Waals surface area contributed by atoms with Crippen molar-refractivity contribution in [2.45, 2.75) is 18.4 Å². The van der Waals surface area contributed by atoms with Gasteiger partial charge in [-0.1, -0.05) is 42.5 Å². The monoisotopic (exact) mass is 263 g/mol. The zero-order valence-electron chi connectivity index (χ0n) is 9.90. The molecule has 0 spiro atoms. The third-order valence-electron chi connectivity index (χ3n) is 3.54. The van der Waals surface area contributed by atoms with E-state index in [1.807, 2.05) is 18.2 Å². The van der Waals surface area contributed by atoms with E-state index in [1.165, 1.54) is 17.2 Å². The maximum Gasteiger partial charge on any atom is 0.128 e. The van der Waals surface area contributed by atoms with E-state index in [-0.39, 0.29) is 18.2 Å². The van der Waals surface area contributed by atoms with Crippen LogP contribution < -0.4 is 5.73 Å². The van der Waals surface area contributed by atoms with Crippen molar-refractivity contribution in [3.05, 3.63) is 71.0 Å². The molecule has 3 heteroatoms. The summed E-state index contributed by atoms with van der Waals surface area (Å²) in [7, 11) is 0. The van der Waals surface area contributed by atoms with Crippen LogP contribution in [-0.2, 0) is 18.4 Å². The lowest BCUT2D eigenvalue weighted by molar-refractivity contribution is 0.442. The van der Waals surface area contributed by atoms with E-state index in [4.69, 9.17) is 5.73 Å². The lowest BCUT2D eigenvalue weighted by atomic mass is 9.87. The Bertz CT molecular complexity index is 543. The minimum Gasteiger partial charge on any atom is -0.321 e. The van der Waals surface area contributed by atoms with Crippen LogP contribution in [0.15, 0.2) is 48.5 Å². The van der Waals surface area contributed by atoms with E-state index < -0.39 is 5.54 Å². The van der Waals surface area contributed by atoms with Crippen molar-refractivity contribution in [2.75, 3.05) is 0 Å². The van der Waals surface area contributed by atoms with Gasteiger partial charge in [-0.25, -0.2) is 4.39 Å². The van der Waals surface area contributed by atoms with Gasteiger partial charge in [0.1, 0.15) is 5.82 Å². The van der Waals surface area contributed by atoms with Crippen LogP contribution in [-0.4, -0.2) is 0 Å². The summed E-state index contributed by atoms with van der Waals surface area (Å²) in [5.74, 6) is -0.206. The fraction of sp³-hybridized carbons (Fsp3) is 0.200. The summed E-state index contributed by atoms with van der Waals surface area (Å²) >= 11 is 0. The molecule has 2 aromatic rings. The molecule has 0 radical (unpaired) electrons. The molecule has 0 aliphatic heterocycles. The van der Waals surface area contributed by atoms with Gasteiger partial charge >= 0.3 is 0 Å². The first-order valence-corrected chi connectivity index (χ1v) is 5.80. The zero-order valence-corrected chi connectivity index (χ0v) is 10.7. The minimum atomic E-state index is -0.588. The summed E-state index contributed by atoms with van der Waals surface area (Å²) < 4.78 is 13.8. The number of fused-ring (bicyclic) bond motifs is 1. The summed E-state index contributed by atoms with van der Waals surface area (Å²) in [6.07, 6.45) is 1.42. The molecule has 3 rings (SSSR count). The fourth-order valence-corrected chi connectivity index (χ4v) is 2.70. The zero-order chi connectivity index (χ0) is 11.9. The molecule has 0 amide bonds. The fourth-order valence-electron chi connectivity index (χ4n) is 2.70. The molecule has 2 N–H and O–H groups in total. The Kier molecular flexibility index (Phi) is 3.42. The van der Waals surface area contributed by atoms with Gasteiger partial charge in [0.2, 0.25) is 0 Å². The Morgan fingerprint density at radius 1 is 0.889 bits per heavy atom. The van der Waals surface area contributed by atoms with Crippen LogP contribution >= 0.6 is 12.4 Å². The van der Waals surface area contributed by atoms with E-state index in [9.17, 15) is 4.39 Å². The molecule has 0 aromatic heterocycles. The van der Waals surface area contributed by atoms with Gasteiger partial charge < -0.3 is 5.73 Å². The third kappa shape index (κ3) is 2.02. The first kappa shape index (κ1) is 13.1. The molecule has 0 fully saturated rings. The molecule has 2 aromatic carbocycles. The normalized spacial score (nSPS) is 15.9. The minimum absolute atomic E-state index is 0. The number of hydrogen-bond acceptors (Lipinski definition) is 1. The molecule has 1 aliphatic carbocycles. The van der Waals surface area contributed by atoms with E-state index in [1.54, 1.807) is 12.1 Å². The molecule has 1 aliphatic rings. The average molecular weight is 264 g/mol. The average Bonchev–Trinajstić information content (AvgIpc) is 2.66. The quantitative estimate of drug-likeness (QED) is 0.840. The van der Waals surface area contributed by atoms with Crippen LogP contribution in [0.2, 0.25) is 0 Å². The van der Waals surface area contributed by atoms with Gasteiger partial charge in [-0.15, -0.1) is 12.4 Å². The first-order valence-electron chi connectivity index (χ1n) is 5.80. The third-order valence-corrected chi connectivity index (χ3v) is 3.54. The van der Waals surface area contributed by atoms with E-state index in [0.29, 0.717) is 18.4 Å². The SMILES string of the molecule is Cl.NC1(c2ccccc2F)Cc2ccccc2C1. The smallest absolute Gasteiger partial charge is 0.128 e. The van der Waals surface area contributed by atoms with Crippen LogP contribution in [0, 0.1) is 5.82 Å². The first-order chi connectivity index (χ1) is 8.19. The Labute approximate surface area is 112 Å². The number of rotatable bonds is 1. The highest BCUT2D eigenvalue weighted by molar-refractivity contribution is 5.85. The van der Waals surface area contributed by atoms with Gasteiger partial charge in [-0.3, -0.25) is 0 Å². The highest BCUT2D eigenvalue weighted by Crippen LogP contribution is 2.36. The summed E-state index contributed by atoms with van der Waals surface area (Å²) in [4.78, 5) is 0. The molecule has 18 heavy (non-hydrogen) atoms. The maximum atomic E-state index is 13.8. The summed E-state index contributed by atoms with van der Waals surface area (Å²) in [6, 6.07) is 15.0. The Balaban J connectivity index is 0.00000120. The molecule has 0 saturated heterocycles. The molecular formula is C15H15ClFN. The van der Waals surface area contributed by atoms with Crippen molar-refractivity contribution in [3.63, 3.8) is 0 Å². The van der Waals surface area contributed by atoms with E-state index in [2.05, 4.69) is 12.1 Å². The summed E-state index contributed by atoms with van der Waals surface area (Å²) in [5, 5.41) is 0. The number of hydrogen-bond donors (Lipinski definition) is 1. The molecule has 0 unspecified atom stereocenters. The Morgan fingerprint density at radius 2 is 1.39 bits per heavy atom. The topological polar surface area (TPSA) is 26.0 Å². The predicted molar refractivity (Wildman–Crippen MR) is 73.4 cm³/mol. The van der Waals surface area contributed by atoms with Crippen LogP contribution in [0.5, 0.6) is 0 Å². The Morgan fingerprint density at radius 3 is 1.94 bits per heavy atom. The Hall–Kier alpha value is -1.38. The van der Waals surface area contributed by atoms with Gasteiger partial charge in [0.15, 0.2) is 0 Å². The molecule has 1 nitrogen and oxygen atoms in total. The largest absolute Gasteiger partial charge is 0.321 e. The number of nitrogens with two attached hydrogens (primary N) is 1. The van der Waals surface area contributed by atoms with Crippen molar-refractivity contribution in [1.82, 2.24) is 0 Å². The van der Waals surface area contributed by atoms with Crippen LogP contribution in [0.25, 0.3) is 0 Å². The second-order valence-electron chi connectivity index (χ2n) is 4.76. The van der Waals surface area contributed by atoms with Crippen molar-refractivity contribution >= 4 is 12.4 Å². The molecule has 0 saturated carbocycles. The van der Waals surface area contributed by atoms with Gasteiger partial charge in [0, 0.05) is 5.56 Å². The van der Waals surface area contributed by atoms with Gasteiger partial charge in [0.05, 0.1) is 5.54 Å². The molecule has 0 bridgehead atoms. The second-order valence-corrected chi connectivity index (χ2v) is 4.76. The van der Waals surface area contributed by atoms with Crippen molar-refractivity contribution in [3.8, 4) is 0 Å². The number of halogens is 2. The highest BCUT2D eigenvalue weighted by atomic mass is 35.5. The second kappa shape index (κ2) is 4.71. The van der Waals surface area contributed by atoms with Crippen LogP contribution in [0.1, 0.15) is 16.7 Å². The highest BCUT2D eigenvalue weighted by Gasteiger charge is 2.36. The lowest BCUT2D eigenvalue weighted by Gasteiger charge is -2.24. The van der Waals surface area contributed by atoms with Gasteiger partial charge in [-0.2, -0.15) is 0 Å². The standard InChI is InChI=1S/C15H14FN.ClH/c16-14-8-4-3-7-13(14)15(17)9-11-5-1-2-6-12(11)10-15;/h1-8H,9-10,17H2;1H. The van der Waals surface area contributed by atoms with E-state index >= 15 is 0 Å².